The maximum atomic E-state index is 4.33. The molecule has 1 saturated carbocycles. The van der Waals surface area contributed by atoms with Crippen molar-refractivity contribution < 1.29 is 0 Å². The standard InChI is InChI=1S/C11H13N5/c1-2-9(3-1)15-10-4-5-11(13-6-10)16-8-12-7-14-16/h4-9,15H,1-3H2. The highest BCUT2D eigenvalue weighted by Crippen LogP contribution is 2.22. The number of nitrogens with zero attached hydrogens (tertiary/aromatic N) is 4. The molecular formula is C11H13N5. The van der Waals surface area contributed by atoms with Crippen LogP contribution < -0.4 is 5.32 Å². The quantitative estimate of drug-likeness (QED) is 0.845. The number of hydrogen-bond acceptors (Lipinski definition) is 4. The van der Waals surface area contributed by atoms with Gasteiger partial charge in [0.25, 0.3) is 0 Å². The molecule has 82 valence electrons. The van der Waals surface area contributed by atoms with Crippen LogP contribution >= 0.6 is 0 Å². The van der Waals surface area contributed by atoms with E-state index in [1.807, 2.05) is 18.3 Å². The SMILES string of the molecule is c1ncn(-c2ccc(NC3CCC3)cn2)n1. The molecule has 2 aromatic heterocycles. The van der Waals surface area contributed by atoms with E-state index in [9.17, 15) is 0 Å². The minimum atomic E-state index is 0.638. The van der Waals surface area contributed by atoms with E-state index in [0.29, 0.717) is 6.04 Å². The number of aromatic nitrogens is 4. The fraction of sp³-hybridized carbons (Fsp3) is 0.364. The summed E-state index contributed by atoms with van der Waals surface area (Å²) >= 11 is 0. The van der Waals surface area contributed by atoms with E-state index in [-0.39, 0.29) is 0 Å². The van der Waals surface area contributed by atoms with Gasteiger partial charge in [0.05, 0.1) is 11.9 Å². The van der Waals surface area contributed by atoms with Crippen LogP contribution in [0, 0.1) is 0 Å². The Balaban J connectivity index is 1.74. The summed E-state index contributed by atoms with van der Waals surface area (Å²) in [5.41, 5.74) is 1.08. The van der Waals surface area contributed by atoms with Crippen LogP contribution in [0.25, 0.3) is 5.82 Å². The van der Waals surface area contributed by atoms with Gasteiger partial charge >= 0.3 is 0 Å². The van der Waals surface area contributed by atoms with Crippen molar-refractivity contribution >= 4 is 5.69 Å². The number of rotatable bonds is 3. The van der Waals surface area contributed by atoms with Crippen molar-refractivity contribution in [3.63, 3.8) is 0 Å². The van der Waals surface area contributed by atoms with Crippen LogP contribution in [0.5, 0.6) is 0 Å². The number of anilines is 1. The smallest absolute Gasteiger partial charge is 0.155 e. The first-order chi connectivity index (χ1) is 7.92. The highest BCUT2D eigenvalue weighted by molar-refractivity contribution is 5.44. The molecule has 1 aliphatic rings. The summed E-state index contributed by atoms with van der Waals surface area (Å²) < 4.78 is 1.65. The number of hydrogen-bond donors (Lipinski definition) is 1. The van der Waals surface area contributed by atoms with Crippen molar-refractivity contribution in [2.45, 2.75) is 25.3 Å². The van der Waals surface area contributed by atoms with E-state index in [4.69, 9.17) is 0 Å². The fourth-order valence-electron chi connectivity index (χ4n) is 1.72. The lowest BCUT2D eigenvalue weighted by atomic mass is 9.93. The minimum absolute atomic E-state index is 0.638. The molecule has 5 heteroatoms. The van der Waals surface area contributed by atoms with Gasteiger partial charge in [0.2, 0.25) is 0 Å². The van der Waals surface area contributed by atoms with Gasteiger partial charge in [-0.25, -0.2) is 14.6 Å². The summed E-state index contributed by atoms with van der Waals surface area (Å²) in [6.45, 7) is 0. The van der Waals surface area contributed by atoms with E-state index >= 15 is 0 Å². The fourth-order valence-corrected chi connectivity index (χ4v) is 1.72. The zero-order valence-electron chi connectivity index (χ0n) is 8.87. The first kappa shape index (κ1) is 9.33. The molecular weight excluding hydrogens is 202 g/mol. The van der Waals surface area contributed by atoms with Crippen molar-refractivity contribution in [2.75, 3.05) is 5.32 Å². The molecule has 0 saturated heterocycles. The molecule has 3 rings (SSSR count). The van der Waals surface area contributed by atoms with Gasteiger partial charge in [-0.2, -0.15) is 5.10 Å². The van der Waals surface area contributed by atoms with Crippen molar-refractivity contribution in [1.82, 2.24) is 19.7 Å². The Morgan fingerprint density at radius 1 is 1.31 bits per heavy atom. The molecule has 1 aliphatic carbocycles. The summed E-state index contributed by atoms with van der Waals surface area (Å²) in [7, 11) is 0. The maximum Gasteiger partial charge on any atom is 0.155 e. The molecule has 2 aromatic rings. The Morgan fingerprint density at radius 2 is 2.25 bits per heavy atom. The zero-order chi connectivity index (χ0) is 10.8. The lowest BCUT2D eigenvalue weighted by Gasteiger charge is -2.27. The summed E-state index contributed by atoms with van der Waals surface area (Å²) in [5.74, 6) is 0.789. The summed E-state index contributed by atoms with van der Waals surface area (Å²) in [6.07, 6.45) is 8.86. The van der Waals surface area contributed by atoms with Crippen molar-refractivity contribution in [1.29, 1.82) is 0 Å². The van der Waals surface area contributed by atoms with Crippen LogP contribution in [0.2, 0.25) is 0 Å². The van der Waals surface area contributed by atoms with E-state index in [1.165, 1.54) is 25.6 Å². The largest absolute Gasteiger partial charge is 0.381 e. The topological polar surface area (TPSA) is 55.6 Å². The molecule has 16 heavy (non-hydrogen) atoms. The Morgan fingerprint density at radius 3 is 2.81 bits per heavy atom. The normalized spacial score (nSPS) is 15.8. The molecule has 0 spiro atoms. The molecule has 0 unspecified atom stereocenters. The van der Waals surface area contributed by atoms with Crippen LogP contribution in [0.4, 0.5) is 5.69 Å². The van der Waals surface area contributed by atoms with Crippen molar-refractivity contribution in [3.05, 3.63) is 31.0 Å². The average Bonchev–Trinajstić information content (AvgIpc) is 2.78. The van der Waals surface area contributed by atoms with Gasteiger partial charge in [-0.3, -0.25) is 0 Å². The van der Waals surface area contributed by atoms with Crippen molar-refractivity contribution in [2.24, 2.45) is 0 Å². The molecule has 0 radical (unpaired) electrons. The monoisotopic (exact) mass is 215 g/mol. The predicted octanol–water partition coefficient (Wildman–Crippen LogP) is 1.63. The van der Waals surface area contributed by atoms with E-state index in [0.717, 1.165) is 11.5 Å². The second kappa shape index (κ2) is 3.92. The van der Waals surface area contributed by atoms with Crippen LogP contribution in [0.1, 0.15) is 19.3 Å². The lowest BCUT2D eigenvalue weighted by Crippen LogP contribution is -2.26. The third-order valence-corrected chi connectivity index (χ3v) is 2.88. The van der Waals surface area contributed by atoms with Crippen molar-refractivity contribution in [3.8, 4) is 5.82 Å². The molecule has 0 amide bonds. The molecule has 2 heterocycles. The third kappa shape index (κ3) is 1.76. The molecule has 0 bridgehead atoms. The highest BCUT2D eigenvalue weighted by Gasteiger charge is 2.16. The average molecular weight is 215 g/mol. The van der Waals surface area contributed by atoms with Gasteiger partial charge in [-0.15, -0.1) is 0 Å². The third-order valence-electron chi connectivity index (χ3n) is 2.88. The van der Waals surface area contributed by atoms with Gasteiger partial charge in [-0.05, 0) is 31.4 Å². The van der Waals surface area contributed by atoms with Crippen LogP contribution in [-0.4, -0.2) is 25.8 Å². The molecule has 1 fully saturated rings. The molecule has 0 aromatic carbocycles. The van der Waals surface area contributed by atoms with E-state index in [1.54, 1.807) is 11.0 Å². The molecule has 5 nitrogen and oxygen atoms in total. The summed E-state index contributed by atoms with van der Waals surface area (Å²) in [4.78, 5) is 8.22. The molecule has 0 aliphatic heterocycles. The second-order valence-electron chi connectivity index (χ2n) is 4.02. The first-order valence-electron chi connectivity index (χ1n) is 5.49. The van der Waals surface area contributed by atoms with E-state index in [2.05, 4.69) is 20.4 Å². The Kier molecular flexibility index (Phi) is 2.29. The second-order valence-corrected chi connectivity index (χ2v) is 4.02. The molecule has 0 atom stereocenters. The van der Waals surface area contributed by atoms with Crippen LogP contribution in [0.3, 0.4) is 0 Å². The summed E-state index contributed by atoms with van der Waals surface area (Å²) in [5, 5.41) is 7.47. The van der Waals surface area contributed by atoms with Crippen LogP contribution in [0.15, 0.2) is 31.0 Å². The van der Waals surface area contributed by atoms with Gasteiger partial charge < -0.3 is 5.32 Å². The van der Waals surface area contributed by atoms with E-state index < -0.39 is 0 Å². The Bertz CT molecular complexity index is 444. The Hall–Kier alpha value is -1.91. The van der Waals surface area contributed by atoms with Gasteiger partial charge in [0.15, 0.2) is 5.82 Å². The summed E-state index contributed by atoms with van der Waals surface area (Å²) in [6, 6.07) is 4.61. The number of pyridine rings is 1. The first-order valence-corrected chi connectivity index (χ1v) is 5.49. The zero-order valence-corrected chi connectivity index (χ0v) is 8.87. The molecule has 1 N–H and O–H groups in total. The maximum absolute atomic E-state index is 4.33. The van der Waals surface area contributed by atoms with Gasteiger partial charge in [0.1, 0.15) is 12.7 Å². The van der Waals surface area contributed by atoms with Gasteiger partial charge in [0, 0.05) is 6.04 Å². The van der Waals surface area contributed by atoms with Gasteiger partial charge in [-0.1, -0.05) is 0 Å². The van der Waals surface area contributed by atoms with Crippen LogP contribution in [-0.2, 0) is 0 Å². The highest BCUT2D eigenvalue weighted by atomic mass is 15.3. The Labute approximate surface area is 93.5 Å². The lowest BCUT2D eigenvalue weighted by molar-refractivity contribution is 0.445. The number of nitrogens with one attached hydrogen (secondary N) is 1. The minimum Gasteiger partial charge on any atom is -0.381 e. The predicted molar refractivity (Wildman–Crippen MR) is 60.4 cm³/mol.